The molecule has 0 atom stereocenters. The second-order valence-corrected chi connectivity index (χ2v) is 11.1. The molecule has 0 bridgehead atoms. The van der Waals surface area contributed by atoms with Gasteiger partial charge in [0.15, 0.2) is 0 Å². The number of amides is 3. The molecule has 3 aromatic carbocycles. The number of hydrogen-bond donors (Lipinski definition) is 1. The Bertz CT molecular complexity index is 1500. The van der Waals surface area contributed by atoms with Crippen molar-refractivity contribution >= 4 is 86.4 Å². The number of thioether (sulfide) groups is 1. The van der Waals surface area contributed by atoms with Gasteiger partial charge in [0.05, 0.1) is 24.1 Å². The molecule has 0 spiro atoms. The predicted octanol–water partition coefficient (Wildman–Crippen LogP) is 7.87. The number of benzene rings is 3. The Hall–Kier alpha value is -2.74. The van der Waals surface area contributed by atoms with Crippen LogP contribution in [0.5, 0.6) is 5.75 Å². The topological polar surface area (TPSA) is 75.7 Å². The number of halogens is 6. The van der Waals surface area contributed by atoms with E-state index in [9.17, 15) is 27.6 Å². The molecule has 1 fully saturated rings. The normalized spacial score (nSPS) is 14.7. The van der Waals surface area contributed by atoms with Gasteiger partial charge in [0, 0.05) is 5.69 Å². The lowest BCUT2D eigenvalue weighted by Crippen LogP contribution is -2.36. The van der Waals surface area contributed by atoms with E-state index >= 15 is 0 Å². The molecule has 1 aliphatic rings. The summed E-state index contributed by atoms with van der Waals surface area (Å²) in [5, 5.41) is 2.49. The van der Waals surface area contributed by atoms with Crippen molar-refractivity contribution in [3.05, 3.63) is 95.9 Å². The molecule has 0 aliphatic carbocycles. The Kier molecular flexibility index (Phi) is 9.14. The van der Waals surface area contributed by atoms with E-state index in [0.717, 1.165) is 32.2 Å². The third-order valence-corrected chi connectivity index (χ3v) is 7.77. The predicted molar refractivity (Wildman–Crippen MR) is 153 cm³/mol. The maximum absolute atomic E-state index is 12.9. The highest BCUT2D eigenvalue weighted by atomic mass is 127. The van der Waals surface area contributed by atoms with Crippen LogP contribution in [0.25, 0.3) is 6.08 Å². The summed E-state index contributed by atoms with van der Waals surface area (Å²) in [7, 11) is 0. The third-order valence-electron chi connectivity index (χ3n) is 5.28. The fourth-order valence-corrected chi connectivity index (χ4v) is 5.27. The maximum Gasteiger partial charge on any atom is 0.416 e. The first-order valence-electron chi connectivity index (χ1n) is 11.0. The summed E-state index contributed by atoms with van der Waals surface area (Å²) >= 11 is 14.7. The number of imide groups is 1. The van der Waals surface area contributed by atoms with Crippen molar-refractivity contribution in [3.8, 4) is 5.75 Å². The van der Waals surface area contributed by atoms with Gasteiger partial charge in [0.2, 0.25) is 5.91 Å². The molecule has 0 aromatic heterocycles. The molecule has 202 valence electrons. The van der Waals surface area contributed by atoms with Crippen molar-refractivity contribution in [1.29, 1.82) is 0 Å². The van der Waals surface area contributed by atoms with Crippen molar-refractivity contribution in [3.63, 3.8) is 0 Å². The molecule has 0 saturated carbocycles. The highest BCUT2D eigenvalue weighted by Gasteiger charge is 2.36. The van der Waals surface area contributed by atoms with Gasteiger partial charge in [-0.1, -0.05) is 41.4 Å². The van der Waals surface area contributed by atoms with Crippen LogP contribution in [-0.4, -0.2) is 28.5 Å². The second kappa shape index (κ2) is 12.2. The van der Waals surface area contributed by atoms with Crippen LogP contribution in [0.4, 0.5) is 23.7 Å². The van der Waals surface area contributed by atoms with Crippen LogP contribution in [-0.2, 0) is 22.4 Å². The number of nitrogens with one attached hydrogen (secondary N) is 1. The number of anilines is 1. The number of carbonyl (C=O) groups excluding carboxylic acids is 3. The fraction of sp³-hybridized carbons (Fsp3) is 0.115. The Morgan fingerprint density at radius 1 is 1.05 bits per heavy atom. The molecule has 39 heavy (non-hydrogen) atoms. The van der Waals surface area contributed by atoms with Gasteiger partial charge in [-0.05, 0) is 94.0 Å². The largest absolute Gasteiger partial charge is 0.488 e. The summed E-state index contributed by atoms with van der Waals surface area (Å²) in [5.41, 5.74) is 0.415. The molecule has 1 heterocycles. The average molecular weight is 707 g/mol. The van der Waals surface area contributed by atoms with Crippen LogP contribution in [0.2, 0.25) is 10.0 Å². The van der Waals surface area contributed by atoms with Gasteiger partial charge in [-0.2, -0.15) is 13.2 Å². The van der Waals surface area contributed by atoms with Crippen molar-refractivity contribution in [1.82, 2.24) is 4.90 Å². The monoisotopic (exact) mass is 706 g/mol. The quantitative estimate of drug-likeness (QED) is 0.200. The molecule has 4 rings (SSSR count). The second-order valence-electron chi connectivity index (χ2n) is 8.12. The lowest BCUT2D eigenvalue weighted by Gasteiger charge is -2.13. The SMILES string of the molecule is O=C(CN1C(=O)S/C(=C\c2ccc(OCc3ccc(Cl)c(Cl)c3)c(I)c2)C1=O)Nc1cccc(C(F)(F)F)c1. The minimum Gasteiger partial charge on any atom is -0.488 e. The number of ether oxygens (including phenoxy) is 1. The number of hydrogen-bond acceptors (Lipinski definition) is 5. The van der Waals surface area contributed by atoms with Gasteiger partial charge in [-0.3, -0.25) is 19.3 Å². The first kappa shape index (κ1) is 29.2. The summed E-state index contributed by atoms with van der Waals surface area (Å²) in [6.45, 7) is -0.384. The van der Waals surface area contributed by atoms with Crippen LogP contribution >= 0.6 is 57.6 Å². The maximum atomic E-state index is 12.9. The lowest BCUT2D eigenvalue weighted by atomic mass is 10.2. The smallest absolute Gasteiger partial charge is 0.416 e. The first-order chi connectivity index (χ1) is 18.4. The number of carbonyl (C=O) groups is 3. The molecule has 0 radical (unpaired) electrons. The third kappa shape index (κ3) is 7.47. The Morgan fingerprint density at radius 3 is 2.51 bits per heavy atom. The van der Waals surface area contributed by atoms with Crippen LogP contribution in [0.3, 0.4) is 0 Å². The number of alkyl halides is 3. The molecule has 6 nitrogen and oxygen atoms in total. The fourth-order valence-electron chi connectivity index (χ4n) is 3.42. The first-order valence-corrected chi connectivity index (χ1v) is 13.6. The van der Waals surface area contributed by atoms with E-state index in [0.29, 0.717) is 33.1 Å². The highest BCUT2D eigenvalue weighted by Crippen LogP contribution is 2.34. The Balaban J connectivity index is 1.39. The average Bonchev–Trinajstić information content (AvgIpc) is 3.12. The molecule has 13 heteroatoms. The summed E-state index contributed by atoms with van der Waals surface area (Å²) < 4.78 is 45.3. The molecular weight excluding hydrogens is 691 g/mol. The van der Waals surface area contributed by atoms with Gasteiger partial charge < -0.3 is 10.1 Å². The molecule has 3 aromatic rings. The van der Waals surface area contributed by atoms with Crippen molar-refractivity contribution in [2.24, 2.45) is 0 Å². The van der Waals surface area contributed by atoms with E-state index < -0.39 is 35.3 Å². The van der Waals surface area contributed by atoms with Crippen LogP contribution in [0.1, 0.15) is 16.7 Å². The van der Waals surface area contributed by atoms with E-state index in [1.54, 1.807) is 36.4 Å². The Morgan fingerprint density at radius 2 is 1.82 bits per heavy atom. The number of nitrogens with zero attached hydrogens (tertiary/aromatic N) is 1. The van der Waals surface area contributed by atoms with E-state index in [2.05, 4.69) is 27.9 Å². The van der Waals surface area contributed by atoms with Crippen molar-refractivity contribution < 1.29 is 32.3 Å². The summed E-state index contributed by atoms with van der Waals surface area (Å²) in [5.74, 6) is -0.895. The van der Waals surface area contributed by atoms with E-state index in [4.69, 9.17) is 27.9 Å². The number of rotatable bonds is 7. The minimum atomic E-state index is -4.58. The van der Waals surface area contributed by atoms with Crippen LogP contribution in [0, 0.1) is 3.57 Å². The summed E-state index contributed by atoms with van der Waals surface area (Å²) in [6.07, 6.45) is -3.06. The zero-order valence-electron chi connectivity index (χ0n) is 19.5. The minimum absolute atomic E-state index is 0.103. The highest BCUT2D eigenvalue weighted by molar-refractivity contribution is 14.1. The lowest BCUT2D eigenvalue weighted by molar-refractivity contribution is -0.137. The van der Waals surface area contributed by atoms with E-state index in [-0.39, 0.29) is 17.2 Å². The zero-order valence-corrected chi connectivity index (χ0v) is 24.0. The van der Waals surface area contributed by atoms with Gasteiger partial charge in [0.1, 0.15) is 18.9 Å². The molecule has 1 saturated heterocycles. The van der Waals surface area contributed by atoms with Crippen molar-refractivity contribution in [2.75, 3.05) is 11.9 Å². The van der Waals surface area contributed by atoms with Crippen molar-refractivity contribution in [2.45, 2.75) is 12.8 Å². The van der Waals surface area contributed by atoms with Gasteiger partial charge >= 0.3 is 6.18 Å². The van der Waals surface area contributed by atoms with E-state index in [1.165, 1.54) is 12.1 Å². The summed E-state index contributed by atoms with van der Waals surface area (Å²) in [4.78, 5) is 38.4. The molecule has 1 aliphatic heterocycles. The molecule has 1 N–H and O–H groups in total. The van der Waals surface area contributed by atoms with Gasteiger partial charge in [-0.15, -0.1) is 0 Å². The van der Waals surface area contributed by atoms with Gasteiger partial charge in [0.25, 0.3) is 11.1 Å². The summed E-state index contributed by atoms with van der Waals surface area (Å²) in [6, 6.07) is 14.4. The molecule has 3 amide bonds. The Labute approximate surface area is 248 Å². The zero-order chi connectivity index (χ0) is 28.3. The van der Waals surface area contributed by atoms with E-state index in [1.807, 2.05) is 0 Å². The van der Waals surface area contributed by atoms with Crippen LogP contribution < -0.4 is 10.1 Å². The molecule has 0 unspecified atom stereocenters. The molecular formula is C26H16Cl2F3IN2O4S. The van der Waals surface area contributed by atoms with Crippen LogP contribution in [0.15, 0.2) is 65.6 Å². The van der Waals surface area contributed by atoms with Gasteiger partial charge in [-0.25, -0.2) is 0 Å². The standard InChI is InChI=1S/C26H16Cl2F3IN2O4S/c27-18-6-4-15(8-19(18)28)13-38-21-7-5-14(9-20(21)32)10-22-24(36)34(25(37)39-22)12-23(35)33-17-3-1-2-16(11-17)26(29,30)31/h1-11H,12-13H2,(H,33,35)/b22-10-.